The number of carbonyl (C=O) groups is 2. The van der Waals surface area contributed by atoms with E-state index in [4.69, 9.17) is 9.90 Å². The number of thiophene rings is 1. The second-order valence-corrected chi connectivity index (χ2v) is 8.98. The molecule has 2 aliphatic rings. The molecular formula is C21H23F3N2O3S. The van der Waals surface area contributed by atoms with E-state index in [9.17, 15) is 18.0 Å². The first-order chi connectivity index (χ1) is 14.1. The van der Waals surface area contributed by atoms with E-state index < -0.39 is 12.1 Å². The van der Waals surface area contributed by atoms with E-state index >= 15 is 0 Å². The lowest BCUT2D eigenvalue weighted by molar-refractivity contribution is -0.192. The zero-order valence-electron chi connectivity index (χ0n) is 16.4. The Morgan fingerprint density at radius 2 is 1.93 bits per heavy atom. The summed E-state index contributed by atoms with van der Waals surface area (Å²) < 4.78 is 31.7. The molecule has 1 amide bonds. The number of alkyl halides is 3. The van der Waals surface area contributed by atoms with E-state index in [1.807, 2.05) is 17.4 Å². The summed E-state index contributed by atoms with van der Waals surface area (Å²) in [6.45, 7) is 5.76. The Balaban J connectivity index is 0.000000318. The summed E-state index contributed by atoms with van der Waals surface area (Å²) in [5.41, 5.74) is 1.06. The first-order valence-electron chi connectivity index (χ1n) is 9.53. The summed E-state index contributed by atoms with van der Waals surface area (Å²) in [7, 11) is 0. The predicted molar refractivity (Wildman–Crippen MR) is 107 cm³/mol. The van der Waals surface area contributed by atoms with Gasteiger partial charge in [0.1, 0.15) is 0 Å². The number of hydrogen-bond donors (Lipinski definition) is 2. The third-order valence-corrected chi connectivity index (χ3v) is 6.53. The molecular weight excluding hydrogens is 417 g/mol. The molecule has 1 aromatic heterocycles. The minimum absolute atomic E-state index is 0.242. The van der Waals surface area contributed by atoms with E-state index in [2.05, 4.69) is 53.5 Å². The smallest absolute Gasteiger partial charge is 0.475 e. The first-order valence-corrected chi connectivity index (χ1v) is 10.3. The third-order valence-electron chi connectivity index (χ3n) is 5.54. The number of halogens is 3. The molecule has 3 heterocycles. The van der Waals surface area contributed by atoms with Crippen molar-refractivity contribution in [3.63, 3.8) is 0 Å². The zero-order valence-corrected chi connectivity index (χ0v) is 17.2. The monoisotopic (exact) mass is 440 g/mol. The summed E-state index contributed by atoms with van der Waals surface area (Å²) in [5, 5.41) is 10.2. The Hall–Kier alpha value is -2.39. The number of carbonyl (C=O) groups excluding carboxylic acids is 1. The van der Waals surface area contributed by atoms with Crippen LogP contribution in [-0.2, 0) is 16.1 Å². The summed E-state index contributed by atoms with van der Waals surface area (Å²) in [6.07, 6.45) is -4.13. The highest BCUT2D eigenvalue weighted by Gasteiger charge is 2.54. The normalized spacial score (nSPS) is 23.9. The van der Waals surface area contributed by atoms with E-state index in [1.54, 1.807) is 0 Å². The Morgan fingerprint density at radius 1 is 1.27 bits per heavy atom. The SMILES string of the molecule is Cc1ccc(CN2C[C@@H](c3ccccc3)[C@@]3(CCNC3=O)C2)s1.O=C(O)C(F)(F)F. The van der Waals surface area contributed by atoms with Crippen LogP contribution in [0.1, 0.15) is 27.7 Å². The molecule has 2 aliphatic heterocycles. The number of benzene rings is 1. The number of carboxylic acid groups (broad SMARTS) is 1. The average Bonchev–Trinajstić information content (AvgIpc) is 3.37. The van der Waals surface area contributed by atoms with Crippen molar-refractivity contribution < 1.29 is 27.9 Å². The van der Waals surface area contributed by atoms with Crippen molar-refractivity contribution in [3.05, 3.63) is 57.8 Å². The van der Waals surface area contributed by atoms with Crippen LogP contribution in [0.15, 0.2) is 42.5 Å². The quantitative estimate of drug-likeness (QED) is 0.762. The molecule has 30 heavy (non-hydrogen) atoms. The molecule has 0 saturated carbocycles. The molecule has 2 fully saturated rings. The minimum Gasteiger partial charge on any atom is -0.475 e. The molecule has 2 N–H and O–H groups in total. The Morgan fingerprint density at radius 3 is 2.43 bits per heavy atom. The van der Waals surface area contributed by atoms with Gasteiger partial charge >= 0.3 is 12.1 Å². The summed E-state index contributed by atoms with van der Waals surface area (Å²) in [6, 6.07) is 15.0. The number of rotatable bonds is 3. The van der Waals surface area contributed by atoms with Crippen molar-refractivity contribution in [1.29, 1.82) is 0 Å². The maximum Gasteiger partial charge on any atom is 0.490 e. The number of hydrogen-bond acceptors (Lipinski definition) is 4. The van der Waals surface area contributed by atoms with Crippen LogP contribution in [0.3, 0.4) is 0 Å². The highest BCUT2D eigenvalue weighted by atomic mass is 32.1. The second-order valence-electron chi connectivity index (χ2n) is 7.61. The fourth-order valence-corrected chi connectivity index (χ4v) is 5.13. The molecule has 2 atom stereocenters. The van der Waals surface area contributed by atoms with E-state index in [0.717, 1.165) is 32.6 Å². The average molecular weight is 440 g/mol. The molecule has 0 unspecified atom stereocenters. The van der Waals surface area contributed by atoms with E-state index in [1.165, 1.54) is 15.3 Å². The van der Waals surface area contributed by atoms with Crippen molar-refractivity contribution in [2.45, 2.75) is 32.0 Å². The number of aliphatic carboxylic acids is 1. The van der Waals surface area contributed by atoms with E-state index in [0.29, 0.717) is 5.92 Å². The Bertz CT molecular complexity index is 900. The van der Waals surface area contributed by atoms with Gasteiger partial charge in [-0.3, -0.25) is 9.69 Å². The van der Waals surface area contributed by atoms with Gasteiger partial charge in [0.15, 0.2) is 0 Å². The van der Waals surface area contributed by atoms with Gasteiger partial charge in [-0.25, -0.2) is 4.79 Å². The van der Waals surface area contributed by atoms with Gasteiger partial charge in [0.2, 0.25) is 5.91 Å². The van der Waals surface area contributed by atoms with Crippen LogP contribution in [-0.4, -0.2) is 47.7 Å². The van der Waals surface area contributed by atoms with Crippen LogP contribution in [0.4, 0.5) is 13.2 Å². The van der Waals surface area contributed by atoms with Crippen LogP contribution < -0.4 is 5.32 Å². The number of nitrogens with one attached hydrogen (secondary N) is 1. The van der Waals surface area contributed by atoms with Crippen molar-refractivity contribution in [2.75, 3.05) is 19.6 Å². The lowest BCUT2D eigenvalue weighted by Gasteiger charge is -2.27. The number of aryl methyl sites for hydroxylation is 1. The lowest BCUT2D eigenvalue weighted by atomic mass is 9.73. The van der Waals surface area contributed by atoms with Crippen molar-refractivity contribution in [2.24, 2.45) is 5.41 Å². The highest BCUT2D eigenvalue weighted by molar-refractivity contribution is 7.11. The lowest BCUT2D eigenvalue weighted by Crippen LogP contribution is -2.37. The molecule has 0 radical (unpaired) electrons. The molecule has 2 aromatic rings. The second kappa shape index (κ2) is 8.77. The molecule has 4 rings (SSSR count). The van der Waals surface area contributed by atoms with Crippen LogP contribution in [0.2, 0.25) is 0 Å². The standard InChI is InChI=1S/C19H22N2OS.C2HF3O2/c1-14-7-8-16(23-14)11-21-12-17(15-5-3-2-4-6-15)19(13-21)9-10-20-18(19)22;3-2(4,5)1(6)7/h2-8,17H,9-13H2,1H3,(H,20,22);(H,6,7)/t17-,19+;/m0./s1. The van der Waals surface area contributed by atoms with Crippen molar-refractivity contribution in [1.82, 2.24) is 10.2 Å². The zero-order chi connectivity index (χ0) is 21.9. The van der Waals surface area contributed by atoms with Crippen LogP contribution in [0, 0.1) is 12.3 Å². The van der Waals surface area contributed by atoms with Gasteiger partial charge in [-0.05, 0) is 31.0 Å². The number of amides is 1. The fourth-order valence-electron chi connectivity index (χ4n) is 4.20. The highest BCUT2D eigenvalue weighted by Crippen LogP contribution is 2.48. The first kappa shape index (κ1) is 22.3. The van der Waals surface area contributed by atoms with Crippen LogP contribution in [0.25, 0.3) is 0 Å². The van der Waals surface area contributed by atoms with Gasteiger partial charge in [-0.15, -0.1) is 11.3 Å². The number of nitrogens with zero attached hydrogens (tertiary/aromatic N) is 1. The molecule has 2 saturated heterocycles. The molecule has 1 spiro atoms. The van der Waals surface area contributed by atoms with Crippen molar-refractivity contribution >= 4 is 23.2 Å². The topological polar surface area (TPSA) is 69.6 Å². The fraction of sp³-hybridized carbons (Fsp3) is 0.429. The molecule has 162 valence electrons. The van der Waals surface area contributed by atoms with Gasteiger partial charge < -0.3 is 10.4 Å². The van der Waals surface area contributed by atoms with E-state index in [-0.39, 0.29) is 11.3 Å². The van der Waals surface area contributed by atoms with Gasteiger partial charge in [0, 0.05) is 41.9 Å². The maximum absolute atomic E-state index is 12.6. The summed E-state index contributed by atoms with van der Waals surface area (Å²) in [5.74, 6) is -2.21. The van der Waals surface area contributed by atoms with Gasteiger partial charge in [-0.2, -0.15) is 13.2 Å². The molecule has 0 bridgehead atoms. The third kappa shape index (κ3) is 4.84. The van der Waals surface area contributed by atoms with Gasteiger partial charge in [-0.1, -0.05) is 30.3 Å². The number of likely N-dealkylation sites (tertiary alicyclic amines) is 1. The summed E-state index contributed by atoms with van der Waals surface area (Å²) >= 11 is 1.86. The van der Waals surface area contributed by atoms with Gasteiger partial charge in [0.25, 0.3) is 0 Å². The maximum atomic E-state index is 12.6. The predicted octanol–water partition coefficient (Wildman–Crippen LogP) is 3.80. The molecule has 0 aliphatic carbocycles. The molecule has 9 heteroatoms. The van der Waals surface area contributed by atoms with Crippen LogP contribution in [0.5, 0.6) is 0 Å². The van der Waals surface area contributed by atoms with Crippen molar-refractivity contribution in [3.8, 4) is 0 Å². The summed E-state index contributed by atoms with van der Waals surface area (Å²) in [4.78, 5) is 26.8. The molecule has 5 nitrogen and oxygen atoms in total. The minimum atomic E-state index is -5.08. The Labute approximate surface area is 176 Å². The Kier molecular flexibility index (Phi) is 6.52. The molecule has 1 aromatic carbocycles. The number of carboxylic acids is 1. The van der Waals surface area contributed by atoms with Crippen LogP contribution >= 0.6 is 11.3 Å². The van der Waals surface area contributed by atoms with Gasteiger partial charge in [0.05, 0.1) is 5.41 Å². The largest absolute Gasteiger partial charge is 0.490 e.